The Morgan fingerprint density at radius 3 is 2.52 bits per heavy atom. The topological polar surface area (TPSA) is 77.0 Å². The van der Waals surface area contributed by atoms with Crippen molar-refractivity contribution >= 4 is 23.4 Å². The van der Waals surface area contributed by atoms with Crippen LogP contribution in [-0.2, 0) is 4.79 Å². The molecule has 2 aromatic carbocycles. The second-order valence-electron chi connectivity index (χ2n) is 5.70. The Morgan fingerprint density at radius 2 is 1.85 bits per heavy atom. The van der Waals surface area contributed by atoms with Crippen molar-refractivity contribution in [3.63, 3.8) is 0 Å². The molecule has 0 bridgehead atoms. The van der Waals surface area contributed by atoms with Crippen LogP contribution in [-0.4, -0.2) is 33.4 Å². The number of ether oxygens (including phenoxy) is 1. The van der Waals surface area contributed by atoms with Gasteiger partial charge in [-0.05, 0) is 18.6 Å². The predicted molar refractivity (Wildman–Crippen MR) is 107 cm³/mol. The first kappa shape index (κ1) is 18.8. The van der Waals surface area contributed by atoms with Crippen molar-refractivity contribution in [2.45, 2.75) is 23.8 Å². The minimum Gasteiger partial charge on any atom is -0.495 e. The van der Waals surface area contributed by atoms with E-state index in [2.05, 4.69) is 20.5 Å². The van der Waals surface area contributed by atoms with Gasteiger partial charge in [0.2, 0.25) is 11.1 Å². The molecule has 0 radical (unpaired) electrons. The van der Waals surface area contributed by atoms with Crippen LogP contribution in [0.3, 0.4) is 0 Å². The highest BCUT2D eigenvalue weighted by molar-refractivity contribution is 8.00. The summed E-state index contributed by atoms with van der Waals surface area (Å²) in [5.41, 5.74) is 2.30. The number of anilines is 1. The van der Waals surface area contributed by atoms with E-state index in [1.165, 1.54) is 11.8 Å². The summed E-state index contributed by atoms with van der Waals surface area (Å²) in [5.74, 6) is 0.499. The standard InChI is InChI=1S/C20H20N4O2S/c1-3-18(19(25)22-15-11-7-8-12-17(15)26-2)27-20-21-13-16(23-24-20)14-9-5-4-6-10-14/h4-13,18H,3H2,1-2H3,(H,22,25)/t18-/m1/s1. The lowest BCUT2D eigenvalue weighted by molar-refractivity contribution is -0.115. The van der Waals surface area contributed by atoms with Gasteiger partial charge < -0.3 is 10.1 Å². The first-order chi connectivity index (χ1) is 13.2. The third kappa shape index (κ3) is 4.83. The molecule has 0 aliphatic rings. The second-order valence-corrected chi connectivity index (χ2v) is 6.87. The summed E-state index contributed by atoms with van der Waals surface area (Å²) in [6.07, 6.45) is 2.31. The quantitative estimate of drug-likeness (QED) is 0.623. The van der Waals surface area contributed by atoms with E-state index >= 15 is 0 Å². The van der Waals surface area contributed by atoms with Gasteiger partial charge in [-0.15, -0.1) is 10.2 Å². The van der Waals surface area contributed by atoms with Crippen molar-refractivity contribution in [3.8, 4) is 17.0 Å². The number of nitrogens with one attached hydrogen (secondary N) is 1. The summed E-state index contributed by atoms with van der Waals surface area (Å²) in [7, 11) is 1.57. The van der Waals surface area contributed by atoms with Gasteiger partial charge in [0.05, 0.1) is 24.2 Å². The molecule has 1 atom stereocenters. The van der Waals surface area contributed by atoms with Crippen LogP contribution in [0.1, 0.15) is 13.3 Å². The lowest BCUT2D eigenvalue weighted by atomic mass is 10.2. The molecule has 1 N–H and O–H groups in total. The first-order valence-electron chi connectivity index (χ1n) is 8.57. The molecule has 7 heteroatoms. The fourth-order valence-electron chi connectivity index (χ4n) is 2.47. The maximum absolute atomic E-state index is 12.6. The van der Waals surface area contributed by atoms with Crippen molar-refractivity contribution < 1.29 is 9.53 Å². The molecule has 1 heterocycles. The van der Waals surface area contributed by atoms with Gasteiger partial charge in [0, 0.05) is 5.56 Å². The number of nitrogens with zero attached hydrogens (tertiary/aromatic N) is 3. The number of carbonyl (C=O) groups is 1. The van der Waals surface area contributed by atoms with E-state index in [0.717, 1.165) is 5.56 Å². The van der Waals surface area contributed by atoms with E-state index in [0.29, 0.717) is 28.7 Å². The molecular formula is C20H20N4O2S. The summed E-state index contributed by atoms with van der Waals surface area (Å²) >= 11 is 1.30. The average Bonchev–Trinajstić information content (AvgIpc) is 2.73. The Kier molecular flexibility index (Phi) is 6.38. The molecule has 0 aliphatic carbocycles. The van der Waals surface area contributed by atoms with Crippen LogP contribution in [0.5, 0.6) is 5.75 Å². The van der Waals surface area contributed by atoms with Crippen LogP contribution in [0.2, 0.25) is 0 Å². The average molecular weight is 380 g/mol. The van der Waals surface area contributed by atoms with Crippen LogP contribution >= 0.6 is 11.8 Å². The van der Waals surface area contributed by atoms with Gasteiger partial charge in [0.1, 0.15) is 11.4 Å². The summed E-state index contributed by atoms with van der Waals surface area (Å²) in [6.45, 7) is 1.95. The first-order valence-corrected chi connectivity index (χ1v) is 9.45. The Morgan fingerprint density at radius 1 is 1.11 bits per heavy atom. The van der Waals surface area contributed by atoms with Gasteiger partial charge in [0.25, 0.3) is 0 Å². The zero-order chi connectivity index (χ0) is 19.1. The molecule has 3 aromatic rings. The van der Waals surface area contributed by atoms with Crippen LogP contribution in [0.25, 0.3) is 11.3 Å². The molecule has 3 rings (SSSR count). The van der Waals surface area contributed by atoms with Crippen molar-refractivity contribution in [1.29, 1.82) is 0 Å². The molecule has 0 spiro atoms. The highest BCUT2D eigenvalue weighted by Crippen LogP contribution is 2.27. The number of aromatic nitrogens is 3. The lowest BCUT2D eigenvalue weighted by Gasteiger charge is -2.15. The maximum atomic E-state index is 12.6. The number of hydrogen-bond acceptors (Lipinski definition) is 6. The Hall–Kier alpha value is -2.93. The van der Waals surface area contributed by atoms with Crippen LogP contribution < -0.4 is 10.1 Å². The van der Waals surface area contributed by atoms with Gasteiger partial charge in [-0.2, -0.15) is 0 Å². The van der Waals surface area contributed by atoms with E-state index in [9.17, 15) is 4.79 Å². The fraction of sp³-hybridized carbons (Fsp3) is 0.200. The summed E-state index contributed by atoms with van der Waals surface area (Å²) < 4.78 is 5.28. The third-order valence-electron chi connectivity index (χ3n) is 3.89. The van der Waals surface area contributed by atoms with E-state index in [1.807, 2.05) is 49.4 Å². The van der Waals surface area contributed by atoms with E-state index in [4.69, 9.17) is 4.74 Å². The highest BCUT2D eigenvalue weighted by atomic mass is 32.2. The van der Waals surface area contributed by atoms with E-state index in [-0.39, 0.29) is 11.2 Å². The largest absolute Gasteiger partial charge is 0.495 e. The molecule has 0 aliphatic heterocycles. The summed E-state index contributed by atoms with van der Waals surface area (Å²) in [4.78, 5) is 17.0. The molecule has 0 unspecified atom stereocenters. The van der Waals surface area contributed by atoms with E-state index in [1.54, 1.807) is 25.4 Å². The molecule has 138 valence electrons. The molecule has 27 heavy (non-hydrogen) atoms. The normalized spacial score (nSPS) is 11.6. The molecule has 6 nitrogen and oxygen atoms in total. The zero-order valence-electron chi connectivity index (χ0n) is 15.1. The predicted octanol–water partition coefficient (Wildman–Crippen LogP) is 4.06. The van der Waals surface area contributed by atoms with Crippen LogP contribution in [0, 0.1) is 0 Å². The SMILES string of the molecule is CC[C@@H](Sc1ncc(-c2ccccc2)nn1)C(=O)Nc1ccccc1OC. The van der Waals surface area contributed by atoms with Gasteiger partial charge in [0.15, 0.2) is 0 Å². The van der Waals surface area contributed by atoms with Crippen LogP contribution in [0.4, 0.5) is 5.69 Å². The lowest BCUT2D eigenvalue weighted by Crippen LogP contribution is -2.25. The molecule has 0 fully saturated rings. The third-order valence-corrected chi connectivity index (χ3v) is 5.12. The van der Waals surface area contributed by atoms with Crippen molar-refractivity contribution in [2.75, 3.05) is 12.4 Å². The second kappa shape index (κ2) is 9.14. The number of amides is 1. The number of thioether (sulfide) groups is 1. The van der Waals surface area contributed by atoms with Crippen molar-refractivity contribution in [2.24, 2.45) is 0 Å². The van der Waals surface area contributed by atoms with Crippen molar-refractivity contribution in [1.82, 2.24) is 15.2 Å². The number of rotatable bonds is 7. The molecule has 1 amide bonds. The minimum atomic E-state index is -0.334. The van der Waals surface area contributed by atoms with Crippen molar-refractivity contribution in [3.05, 3.63) is 60.8 Å². The Balaban J connectivity index is 1.68. The van der Waals surface area contributed by atoms with Gasteiger partial charge in [-0.3, -0.25) is 4.79 Å². The Labute approximate surface area is 162 Å². The number of carbonyl (C=O) groups excluding carboxylic acids is 1. The zero-order valence-corrected chi connectivity index (χ0v) is 15.9. The number of hydrogen-bond donors (Lipinski definition) is 1. The van der Waals surface area contributed by atoms with Gasteiger partial charge >= 0.3 is 0 Å². The molecular weight excluding hydrogens is 360 g/mol. The number of para-hydroxylation sites is 2. The number of methoxy groups -OCH3 is 1. The monoisotopic (exact) mass is 380 g/mol. The van der Waals surface area contributed by atoms with E-state index < -0.39 is 0 Å². The maximum Gasteiger partial charge on any atom is 0.238 e. The Bertz CT molecular complexity index is 888. The fourth-order valence-corrected chi connectivity index (χ4v) is 3.26. The minimum absolute atomic E-state index is 0.122. The van der Waals surface area contributed by atoms with Gasteiger partial charge in [-0.1, -0.05) is 61.2 Å². The molecule has 0 saturated carbocycles. The molecule has 1 aromatic heterocycles. The van der Waals surface area contributed by atoms with Gasteiger partial charge in [-0.25, -0.2) is 4.98 Å². The summed E-state index contributed by atoms with van der Waals surface area (Å²) in [5, 5.41) is 11.4. The highest BCUT2D eigenvalue weighted by Gasteiger charge is 2.21. The smallest absolute Gasteiger partial charge is 0.238 e. The number of benzene rings is 2. The summed E-state index contributed by atoms with van der Waals surface area (Å²) in [6, 6.07) is 17.0. The van der Waals surface area contributed by atoms with Crippen LogP contribution in [0.15, 0.2) is 66.0 Å². The molecule has 0 saturated heterocycles.